The second-order valence-electron chi connectivity index (χ2n) is 7.32. The normalized spacial score (nSPS) is 21.0. The summed E-state index contributed by atoms with van der Waals surface area (Å²) < 4.78 is 0. The highest BCUT2D eigenvalue weighted by atomic mass is 16.2. The number of barbiturate groups is 1. The van der Waals surface area contributed by atoms with E-state index in [1.54, 1.807) is 0 Å². The van der Waals surface area contributed by atoms with Gasteiger partial charge in [-0.25, -0.2) is 4.79 Å². The predicted octanol–water partition coefficient (Wildman–Crippen LogP) is 2.71. The van der Waals surface area contributed by atoms with Crippen LogP contribution in [0.1, 0.15) is 32.1 Å². The first-order valence-electron chi connectivity index (χ1n) is 9.29. The third-order valence-corrected chi connectivity index (χ3v) is 5.17. The Labute approximate surface area is 159 Å². The molecule has 7 nitrogen and oxygen atoms in total. The third-order valence-electron chi connectivity index (χ3n) is 5.17. The molecule has 7 heteroatoms. The number of urea groups is 1. The second-order valence-corrected chi connectivity index (χ2v) is 7.32. The molecule has 1 saturated heterocycles. The van der Waals surface area contributed by atoms with Crippen molar-refractivity contribution in [1.29, 1.82) is 0 Å². The van der Waals surface area contributed by atoms with Crippen molar-refractivity contribution in [2.45, 2.75) is 38.1 Å². The Kier molecular flexibility index (Phi) is 5.48. The van der Waals surface area contributed by atoms with Crippen LogP contribution in [0.15, 0.2) is 36.5 Å². The van der Waals surface area contributed by atoms with Crippen molar-refractivity contribution in [3.05, 3.63) is 36.5 Å². The molecule has 0 bridgehead atoms. The highest BCUT2D eigenvalue weighted by molar-refractivity contribution is 6.18. The van der Waals surface area contributed by atoms with E-state index < -0.39 is 23.8 Å². The van der Waals surface area contributed by atoms with Gasteiger partial charge in [0.1, 0.15) is 0 Å². The number of hydrogen-bond donors (Lipinski definition) is 2. The number of rotatable bonds is 5. The van der Waals surface area contributed by atoms with E-state index in [0.717, 1.165) is 43.5 Å². The minimum absolute atomic E-state index is 0.144. The van der Waals surface area contributed by atoms with E-state index in [1.807, 2.05) is 43.3 Å². The first-order valence-corrected chi connectivity index (χ1v) is 9.29. The maximum atomic E-state index is 13.0. The molecule has 2 N–H and O–H groups in total. The minimum Gasteiger partial charge on any atom is -0.378 e. The number of hydrogen-bond acceptors (Lipinski definition) is 5. The van der Waals surface area contributed by atoms with E-state index in [9.17, 15) is 14.4 Å². The van der Waals surface area contributed by atoms with Gasteiger partial charge in [0.2, 0.25) is 11.8 Å². The number of carbonyl (C=O) groups excluding carboxylic acids is 3. The average molecular weight is 370 g/mol. The molecule has 1 saturated carbocycles. The lowest BCUT2D eigenvalue weighted by Gasteiger charge is -2.38. The van der Waals surface area contributed by atoms with Crippen molar-refractivity contribution in [2.75, 3.05) is 24.3 Å². The maximum absolute atomic E-state index is 13.0. The van der Waals surface area contributed by atoms with Crippen molar-refractivity contribution in [2.24, 2.45) is 5.92 Å². The van der Waals surface area contributed by atoms with Crippen LogP contribution in [0, 0.1) is 5.92 Å². The molecule has 4 amide bonds. The monoisotopic (exact) mass is 370 g/mol. The van der Waals surface area contributed by atoms with Gasteiger partial charge in [-0.3, -0.25) is 19.8 Å². The summed E-state index contributed by atoms with van der Waals surface area (Å²) in [7, 11) is 3.90. The highest BCUT2D eigenvalue weighted by Gasteiger charge is 2.45. The summed E-state index contributed by atoms with van der Waals surface area (Å²) in [6, 6.07) is 6.81. The van der Waals surface area contributed by atoms with Gasteiger partial charge >= 0.3 is 6.03 Å². The van der Waals surface area contributed by atoms with Crippen molar-refractivity contribution in [1.82, 2.24) is 10.2 Å². The Hall–Kier alpha value is -2.83. The topological polar surface area (TPSA) is 81.8 Å². The molecule has 0 radical (unpaired) electrons. The molecule has 1 aromatic carbocycles. The molecule has 144 valence electrons. The molecular formula is C20H26N4O3. The van der Waals surface area contributed by atoms with E-state index in [2.05, 4.69) is 17.2 Å². The Balaban J connectivity index is 1.74. The van der Waals surface area contributed by atoms with E-state index in [1.165, 1.54) is 4.90 Å². The quantitative estimate of drug-likeness (QED) is 0.779. The molecule has 0 spiro atoms. The summed E-state index contributed by atoms with van der Waals surface area (Å²) >= 11 is 0. The molecule has 1 aliphatic carbocycles. The molecule has 2 fully saturated rings. The molecule has 1 aliphatic heterocycles. The van der Waals surface area contributed by atoms with Crippen LogP contribution in [-0.2, 0) is 9.59 Å². The van der Waals surface area contributed by atoms with E-state index in [-0.39, 0.29) is 11.7 Å². The predicted molar refractivity (Wildman–Crippen MR) is 104 cm³/mol. The van der Waals surface area contributed by atoms with Crippen LogP contribution in [0.2, 0.25) is 0 Å². The summed E-state index contributed by atoms with van der Waals surface area (Å²) in [5.74, 6) is -2.23. The summed E-state index contributed by atoms with van der Waals surface area (Å²) in [5.41, 5.74) is 2.03. The van der Waals surface area contributed by atoms with E-state index >= 15 is 0 Å². The van der Waals surface area contributed by atoms with Gasteiger partial charge in [-0.1, -0.05) is 25.8 Å². The van der Waals surface area contributed by atoms with Crippen molar-refractivity contribution in [3.63, 3.8) is 0 Å². The van der Waals surface area contributed by atoms with Gasteiger partial charge in [0.05, 0.1) is 0 Å². The summed E-state index contributed by atoms with van der Waals surface area (Å²) in [6.45, 7) is 3.90. The average Bonchev–Trinajstić information content (AvgIpc) is 2.62. The first-order chi connectivity index (χ1) is 12.9. The molecule has 2 aliphatic rings. The molecule has 27 heavy (non-hydrogen) atoms. The zero-order valence-corrected chi connectivity index (χ0v) is 15.8. The SMILES string of the molecule is C=C(Nc1ccc(N(C)C)cc1)[C@@H]1C(=O)NC(=O)N(C2CCCCC2)C1=O. The summed E-state index contributed by atoms with van der Waals surface area (Å²) in [6.07, 6.45) is 4.65. The smallest absolute Gasteiger partial charge is 0.331 e. The third kappa shape index (κ3) is 3.97. The van der Waals surface area contributed by atoms with Crippen molar-refractivity contribution < 1.29 is 14.4 Å². The molecule has 0 aromatic heterocycles. The van der Waals surface area contributed by atoms with Crippen LogP contribution < -0.4 is 15.5 Å². The summed E-state index contributed by atoms with van der Waals surface area (Å²) in [5, 5.41) is 5.36. The maximum Gasteiger partial charge on any atom is 0.331 e. The lowest BCUT2D eigenvalue weighted by Crippen LogP contribution is -2.61. The lowest BCUT2D eigenvalue weighted by atomic mass is 9.91. The van der Waals surface area contributed by atoms with Gasteiger partial charge in [0.25, 0.3) is 0 Å². The van der Waals surface area contributed by atoms with Crippen molar-refractivity contribution >= 4 is 29.2 Å². The fourth-order valence-electron chi connectivity index (χ4n) is 3.68. The highest BCUT2D eigenvalue weighted by Crippen LogP contribution is 2.28. The number of amides is 4. The van der Waals surface area contributed by atoms with Crippen LogP contribution in [0.3, 0.4) is 0 Å². The molecular weight excluding hydrogens is 344 g/mol. The Morgan fingerprint density at radius 2 is 1.74 bits per heavy atom. The molecule has 1 atom stereocenters. The Morgan fingerprint density at radius 3 is 2.33 bits per heavy atom. The summed E-state index contributed by atoms with van der Waals surface area (Å²) in [4.78, 5) is 40.8. The second kappa shape index (κ2) is 7.82. The lowest BCUT2D eigenvalue weighted by molar-refractivity contribution is -0.142. The van der Waals surface area contributed by atoms with Crippen LogP contribution in [0.25, 0.3) is 0 Å². The zero-order chi connectivity index (χ0) is 19.6. The van der Waals surface area contributed by atoms with Gasteiger partial charge in [0, 0.05) is 37.2 Å². The van der Waals surface area contributed by atoms with E-state index in [4.69, 9.17) is 0 Å². The standard InChI is InChI=1S/C20H26N4O3/c1-13(21-14-9-11-15(12-10-14)23(2)3)17-18(25)22-20(27)24(19(17)26)16-7-5-4-6-8-16/h9-12,16-17,21H,1,4-8H2,2-3H3,(H,22,25,27)/t17-/m1/s1. The zero-order valence-electron chi connectivity index (χ0n) is 15.8. The number of carbonyl (C=O) groups is 3. The molecule has 1 aromatic rings. The van der Waals surface area contributed by atoms with Gasteiger partial charge < -0.3 is 10.2 Å². The van der Waals surface area contributed by atoms with E-state index in [0.29, 0.717) is 0 Å². The molecule has 3 rings (SSSR count). The molecule has 0 unspecified atom stereocenters. The van der Waals surface area contributed by atoms with Crippen molar-refractivity contribution in [3.8, 4) is 0 Å². The van der Waals surface area contributed by atoms with Gasteiger partial charge in [-0.15, -0.1) is 0 Å². The Bertz CT molecular complexity index is 751. The van der Waals surface area contributed by atoms with Gasteiger partial charge in [0.15, 0.2) is 5.92 Å². The fraction of sp³-hybridized carbons (Fsp3) is 0.450. The van der Waals surface area contributed by atoms with Crippen LogP contribution in [0.5, 0.6) is 0 Å². The molecule has 1 heterocycles. The minimum atomic E-state index is -1.11. The number of anilines is 2. The van der Waals surface area contributed by atoms with Gasteiger partial charge in [-0.05, 0) is 37.1 Å². The number of nitrogens with one attached hydrogen (secondary N) is 2. The largest absolute Gasteiger partial charge is 0.378 e. The number of benzene rings is 1. The fourth-order valence-corrected chi connectivity index (χ4v) is 3.68. The number of nitrogens with zero attached hydrogens (tertiary/aromatic N) is 2. The first kappa shape index (κ1) is 18.9. The Morgan fingerprint density at radius 1 is 1.11 bits per heavy atom. The van der Waals surface area contributed by atoms with Crippen LogP contribution in [-0.4, -0.2) is 42.9 Å². The van der Waals surface area contributed by atoms with Crippen LogP contribution in [0.4, 0.5) is 16.2 Å². The number of imide groups is 2. The van der Waals surface area contributed by atoms with Gasteiger partial charge in [-0.2, -0.15) is 0 Å². The van der Waals surface area contributed by atoms with Crippen LogP contribution >= 0.6 is 0 Å².